The Kier molecular flexibility index (Phi) is 3.12. The minimum Gasteiger partial charge on any atom is -0.378 e. The Balaban J connectivity index is 2.10. The van der Waals surface area contributed by atoms with E-state index in [1.54, 1.807) is 0 Å². The first-order valence-corrected chi connectivity index (χ1v) is 6.04. The summed E-state index contributed by atoms with van der Waals surface area (Å²) < 4.78 is 5.37. The first-order valence-electron chi connectivity index (χ1n) is 5.63. The van der Waals surface area contributed by atoms with E-state index in [-0.39, 0.29) is 0 Å². The van der Waals surface area contributed by atoms with E-state index in [0.29, 0.717) is 5.41 Å². The number of thiocarbonyl (C=S) groups is 1. The summed E-state index contributed by atoms with van der Waals surface area (Å²) in [5, 5.41) is 0. The van der Waals surface area contributed by atoms with Gasteiger partial charge in [0.05, 0.1) is 13.2 Å². The third-order valence-corrected chi connectivity index (χ3v) is 3.32. The molecule has 1 heterocycles. The molecule has 0 bridgehead atoms. The molecule has 0 aromatic heterocycles. The van der Waals surface area contributed by atoms with Crippen LogP contribution in [0.15, 0.2) is 11.8 Å². The fraction of sp³-hybridized carbons (Fsp3) is 0.750. The highest BCUT2D eigenvalue weighted by Crippen LogP contribution is 2.35. The standard InChI is InChI=1S/C12H19NOS/c1-12(2)8-10(7-11(15)9-12)13-3-5-14-6-4-13/h7H,3-6,8-9H2,1-2H3. The number of rotatable bonds is 1. The van der Waals surface area contributed by atoms with Gasteiger partial charge in [0.1, 0.15) is 0 Å². The molecule has 2 nitrogen and oxygen atoms in total. The highest BCUT2D eigenvalue weighted by molar-refractivity contribution is 7.80. The molecule has 3 heteroatoms. The second kappa shape index (κ2) is 4.22. The van der Waals surface area contributed by atoms with Crippen molar-refractivity contribution in [3.8, 4) is 0 Å². The van der Waals surface area contributed by atoms with E-state index < -0.39 is 0 Å². The average molecular weight is 225 g/mol. The van der Waals surface area contributed by atoms with Crippen molar-refractivity contribution in [3.63, 3.8) is 0 Å². The first-order chi connectivity index (χ1) is 7.07. The van der Waals surface area contributed by atoms with Gasteiger partial charge in [0.15, 0.2) is 0 Å². The van der Waals surface area contributed by atoms with Crippen LogP contribution in [0.3, 0.4) is 0 Å². The highest BCUT2D eigenvalue weighted by atomic mass is 32.1. The van der Waals surface area contributed by atoms with Crippen LogP contribution >= 0.6 is 12.2 Å². The molecular weight excluding hydrogens is 206 g/mol. The lowest BCUT2D eigenvalue weighted by Gasteiger charge is -2.38. The van der Waals surface area contributed by atoms with Crippen molar-refractivity contribution in [2.45, 2.75) is 26.7 Å². The Labute approximate surface area is 97.3 Å². The summed E-state index contributed by atoms with van der Waals surface area (Å²) in [6.45, 7) is 8.34. The molecule has 2 aliphatic rings. The molecule has 0 spiro atoms. The monoisotopic (exact) mass is 225 g/mol. The number of nitrogens with zero attached hydrogens (tertiary/aromatic N) is 1. The molecule has 0 aromatic carbocycles. The molecule has 0 atom stereocenters. The summed E-state index contributed by atoms with van der Waals surface area (Å²) in [5.41, 5.74) is 1.75. The fourth-order valence-corrected chi connectivity index (χ4v) is 2.89. The topological polar surface area (TPSA) is 12.5 Å². The maximum Gasteiger partial charge on any atom is 0.0642 e. The lowest BCUT2D eigenvalue weighted by atomic mass is 9.79. The van der Waals surface area contributed by atoms with Crippen molar-refractivity contribution < 1.29 is 4.74 Å². The van der Waals surface area contributed by atoms with Gasteiger partial charge in [-0.2, -0.15) is 0 Å². The highest BCUT2D eigenvalue weighted by Gasteiger charge is 2.28. The molecule has 1 aliphatic carbocycles. The van der Waals surface area contributed by atoms with Gasteiger partial charge in [-0.25, -0.2) is 0 Å². The van der Waals surface area contributed by atoms with E-state index in [9.17, 15) is 0 Å². The van der Waals surface area contributed by atoms with Crippen molar-refractivity contribution >= 4 is 17.1 Å². The summed E-state index contributed by atoms with van der Waals surface area (Å²) in [4.78, 5) is 3.53. The van der Waals surface area contributed by atoms with Crippen LogP contribution < -0.4 is 0 Å². The van der Waals surface area contributed by atoms with Crippen molar-refractivity contribution in [1.82, 2.24) is 4.90 Å². The van der Waals surface area contributed by atoms with Crippen LogP contribution in [0.4, 0.5) is 0 Å². The number of hydrogen-bond donors (Lipinski definition) is 0. The van der Waals surface area contributed by atoms with Crippen LogP contribution in [0.2, 0.25) is 0 Å². The van der Waals surface area contributed by atoms with Gasteiger partial charge in [0.25, 0.3) is 0 Å². The zero-order chi connectivity index (χ0) is 10.9. The molecule has 15 heavy (non-hydrogen) atoms. The Morgan fingerprint density at radius 2 is 1.93 bits per heavy atom. The molecule has 0 amide bonds. The van der Waals surface area contributed by atoms with E-state index in [0.717, 1.165) is 44.0 Å². The summed E-state index contributed by atoms with van der Waals surface area (Å²) in [6, 6.07) is 0. The van der Waals surface area contributed by atoms with Gasteiger partial charge in [-0.15, -0.1) is 0 Å². The van der Waals surface area contributed by atoms with E-state index >= 15 is 0 Å². The lowest BCUT2D eigenvalue weighted by molar-refractivity contribution is 0.0492. The largest absolute Gasteiger partial charge is 0.378 e. The summed E-state index contributed by atoms with van der Waals surface area (Å²) in [6.07, 6.45) is 4.40. The van der Waals surface area contributed by atoms with Crippen LogP contribution in [-0.4, -0.2) is 36.1 Å². The first kappa shape index (κ1) is 11.1. The Morgan fingerprint density at radius 1 is 1.27 bits per heavy atom. The average Bonchev–Trinajstić information content (AvgIpc) is 2.16. The molecule has 0 radical (unpaired) electrons. The third kappa shape index (κ3) is 2.79. The van der Waals surface area contributed by atoms with Crippen molar-refractivity contribution in [2.75, 3.05) is 26.3 Å². The smallest absolute Gasteiger partial charge is 0.0642 e. The summed E-state index contributed by atoms with van der Waals surface area (Å²) in [5.74, 6) is 0. The van der Waals surface area contributed by atoms with Gasteiger partial charge in [-0.1, -0.05) is 26.1 Å². The number of ether oxygens (including phenoxy) is 1. The van der Waals surface area contributed by atoms with E-state index in [1.165, 1.54) is 5.70 Å². The zero-order valence-electron chi connectivity index (χ0n) is 9.58. The molecule has 2 rings (SSSR count). The number of hydrogen-bond acceptors (Lipinski definition) is 3. The SMILES string of the molecule is CC1(C)CC(=S)C=C(N2CCOCC2)C1. The van der Waals surface area contributed by atoms with Gasteiger partial charge in [-0.05, 0) is 24.3 Å². The van der Waals surface area contributed by atoms with Gasteiger partial charge in [0, 0.05) is 23.7 Å². The maximum atomic E-state index is 5.37. The second-order valence-corrected chi connectivity index (χ2v) is 5.74. The molecule has 1 aliphatic heterocycles. The predicted molar refractivity (Wildman–Crippen MR) is 66.1 cm³/mol. The lowest BCUT2D eigenvalue weighted by Crippen LogP contribution is -2.38. The molecule has 1 saturated heterocycles. The zero-order valence-corrected chi connectivity index (χ0v) is 10.4. The van der Waals surface area contributed by atoms with E-state index in [4.69, 9.17) is 17.0 Å². The van der Waals surface area contributed by atoms with Crippen molar-refractivity contribution in [3.05, 3.63) is 11.8 Å². The molecule has 0 aromatic rings. The van der Waals surface area contributed by atoms with E-state index in [1.807, 2.05) is 0 Å². The number of allylic oxidation sites excluding steroid dienone is 2. The van der Waals surface area contributed by atoms with Crippen molar-refractivity contribution in [1.29, 1.82) is 0 Å². The maximum absolute atomic E-state index is 5.37. The molecule has 0 saturated carbocycles. The van der Waals surface area contributed by atoms with Gasteiger partial charge >= 0.3 is 0 Å². The van der Waals surface area contributed by atoms with E-state index in [2.05, 4.69) is 24.8 Å². The Hall–Kier alpha value is -0.410. The normalized spacial score (nSPS) is 26.4. The summed E-state index contributed by atoms with van der Waals surface area (Å²) >= 11 is 5.37. The quantitative estimate of drug-likeness (QED) is 0.636. The predicted octanol–water partition coefficient (Wildman–Crippen LogP) is 2.39. The fourth-order valence-electron chi connectivity index (χ4n) is 2.37. The molecule has 1 fully saturated rings. The Bertz CT molecular complexity index is 290. The molecule has 0 N–H and O–H groups in total. The molecule has 84 valence electrons. The van der Waals surface area contributed by atoms with Gasteiger partial charge < -0.3 is 9.64 Å². The van der Waals surface area contributed by atoms with Crippen LogP contribution in [-0.2, 0) is 4.74 Å². The van der Waals surface area contributed by atoms with Crippen LogP contribution in [0.5, 0.6) is 0 Å². The molecular formula is C12H19NOS. The van der Waals surface area contributed by atoms with Gasteiger partial charge in [-0.3, -0.25) is 0 Å². The second-order valence-electron chi connectivity index (χ2n) is 5.22. The third-order valence-electron chi connectivity index (χ3n) is 3.06. The van der Waals surface area contributed by atoms with Crippen LogP contribution in [0.1, 0.15) is 26.7 Å². The van der Waals surface area contributed by atoms with Crippen molar-refractivity contribution in [2.24, 2.45) is 5.41 Å². The minimum atomic E-state index is 0.333. The Morgan fingerprint density at radius 3 is 2.53 bits per heavy atom. The van der Waals surface area contributed by atoms with Gasteiger partial charge in [0.2, 0.25) is 0 Å². The number of morpholine rings is 1. The molecule has 0 unspecified atom stereocenters. The summed E-state index contributed by atoms with van der Waals surface area (Å²) in [7, 11) is 0. The minimum absolute atomic E-state index is 0.333. The van der Waals surface area contributed by atoms with Crippen LogP contribution in [0, 0.1) is 5.41 Å². The van der Waals surface area contributed by atoms with Crippen LogP contribution in [0.25, 0.3) is 0 Å².